The van der Waals surface area contributed by atoms with E-state index in [9.17, 15) is 9.90 Å². The largest absolute Gasteiger partial charge is 0.400 e. The van der Waals surface area contributed by atoms with Crippen molar-refractivity contribution in [1.82, 2.24) is 15.1 Å². The molecule has 0 aromatic heterocycles. The first-order chi connectivity index (χ1) is 12.9. The van der Waals surface area contributed by atoms with E-state index in [2.05, 4.69) is 36.0 Å². The van der Waals surface area contributed by atoms with E-state index in [1.165, 1.54) is 12.8 Å². The molecule has 2 aliphatic heterocycles. The predicted octanol–water partition coefficient (Wildman–Crippen LogP) is 1.33. The number of rotatable bonds is 5. The average Bonchev–Trinajstić information content (AvgIpc) is 3.07. The van der Waals surface area contributed by atoms with Gasteiger partial charge in [0.2, 0.25) is 0 Å². The third kappa shape index (κ3) is 14.1. The molecule has 0 aromatic rings. The van der Waals surface area contributed by atoms with E-state index >= 15 is 0 Å². The second-order valence-corrected chi connectivity index (χ2v) is 7.14. The number of nitrogens with zero attached hydrogens (tertiary/aromatic N) is 2. The molecule has 0 spiro atoms. The van der Waals surface area contributed by atoms with Crippen LogP contribution in [0.3, 0.4) is 0 Å². The fourth-order valence-electron chi connectivity index (χ4n) is 3.03. The van der Waals surface area contributed by atoms with Gasteiger partial charge in [-0.1, -0.05) is 20.3 Å². The van der Waals surface area contributed by atoms with Crippen LogP contribution in [0.25, 0.3) is 0 Å². The van der Waals surface area contributed by atoms with Gasteiger partial charge in [0.15, 0.2) is 6.29 Å². The van der Waals surface area contributed by atoms with Crippen LogP contribution < -0.4 is 5.32 Å². The molecule has 164 valence electrons. The van der Waals surface area contributed by atoms with E-state index in [-0.39, 0.29) is 12.1 Å². The van der Waals surface area contributed by atoms with Gasteiger partial charge < -0.3 is 30.0 Å². The summed E-state index contributed by atoms with van der Waals surface area (Å²) in [5, 5.41) is 19.6. The van der Waals surface area contributed by atoms with Crippen LogP contribution >= 0.6 is 0 Å². The number of hydrogen-bond donors (Lipinski definition) is 3. The maximum absolute atomic E-state index is 10.2. The number of aliphatic hydroxyl groups is 2. The van der Waals surface area contributed by atoms with Gasteiger partial charge in [-0.3, -0.25) is 4.90 Å². The second-order valence-electron chi connectivity index (χ2n) is 7.14. The molecule has 2 aliphatic rings. The highest BCUT2D eigenvalue weighted by Gasteiger charge is 2.27. The number of carbonyl (C=O) groups excluding carboxylic acids is 1. The summed E-state index contributed by atoms with van der Waals surface area (Å²) in [6, 6.07) is 0.664. The molecule has 0 aromatic carbocycles. The van der Waals surface area contributed by atoms with Crippen LogP contribution in [0, 0.1) is 0 Å². The summed E-state index contributed by atoms with van der Waals surface area (Å²) in [7, 11) is 7.05. The standard InChI is InChI=1S/C10H22N2O2.C6H11NO.C3H8.CH4O/c1-8-6-9(7-10(13)14-8)12(3)5-4-11-2;1-7-4-2-3-6(7)5-8;1-3-2;1-2/h8-11,13H,4-7H2,1-3H3;5-6H,2-4H2,1H3;3H2,1-2H3;2H,1H3. The summed E-state index contributed by atoms with van der Waals surface area (Å²) < 4.78 is 5.28. The van der Waals surface area contributed by atoms with Crippen LogP contribution in [0.2, 0.25) is 0 Å². The zero-order valence-electron chi connectivity index (χ0n) is 18.6. The van der Waals surface area contributed by atoms with Gasteiger partial charge in [0, 0.05) is 32.7 Å². The Bertz CT molecular complexity index is 324. The van der Waals surface area contributed by atoms with E-state index in [4.69, 9.17) is 9.84 Å². The molecule has 2 heterocycles. The Labute approximate surface area is 167 Å². The lowest BCUT2D eigenvalue weighted by atomic mass is 10.0. The molecule has 0 saturated carbocycles. The molecule has 7 heteroatoms. The first kappa shape index (κ1) is 28.6. The quantitative estimate of drug-likeness (QED) is 0.610. The van der Waals surface area contributed by atoms with Crippen LogP contribution in [-0.4, -0.2) is 98.7 Å². The SMILES string of the molecule is CCC.CN1CCCC1C=O.CNCCN(C)C1CC(C)OC(O)C1.CO. The Morgan fingerprint density at radius 3 is 2.26 bits per heavy atom. The Morgan fingerprint density at radius 1 is 1.30 bits per heavy atom. The molecule has 2 fully saturated rings. The summed E-state index contributed by atoms with van der Waals surface area (Å²) in [6.07, 6.45) is 5.84. The van der Waals surface area contributed by atoms with E-state index in [1.807, 2.05) is 21.0 Å². The van der Waals surface area contributed by atoms with Crippen molar-refractivity contribution < 1.29 is 19.7 Å². The highest BCUT2D eigenvalue weighted by molar-refractivity contribution is 5.57. The van der Waals surface area contributed by atoms with E-state index in [0.29, 0.717) is 6.04 Å². The number of likely N-dealkylation sites (N-methyl/N-ethyl adjacent to an activating group) is 3. The monoisotopic (exact) mass is 391 g/mol. The van der Waals surface area contributed by atoms with Crippen molar-refractivity contribution in [3.05, 3.63) is 0 Å². The first-order valence-electron chi connectivity index (χ1n) is 10.2. The molecular formula is C20H45N3O4. The molecule has 7 nitrogen and oxygen atoms in total. The third-order valence-electron chi connectivity index (χ3n) is 4.54. The number of hydrogen-bond acceptors (Lipinski definition) is 7. The molecule has 4 atom stereocenters. The number of nitrogens with one attached hydrogen (secondary N) is 1. The molecule has 0 amide bonds. The normalized spacial score (nSPS) is 27.5. The van der Waals surface area contributed by atoms with Crippen LogP contribution in [0.5, 0.6) is 0 Å². The zero-order valence-corrected chi connectivity index (χ0v) is 18.6. The molecule has 3 N–H and O–H groups in total. The summed E-state index contributed by atoms with van der Waals surface area (Å²) in [5.41, 5.74) is 0. The smallest absolute Gasteiger partial charge is 0.156 e. The molecule has 4 unspecified atom stereocenters. The van der Waals surface area contributed by atoms with Crippen LogP contribution in [0.15, 0.2) is 0 Å². The third-order valence-corrected chi connectivity index (χ3v) is 4.54. The van der Waals surface area contributed by atoms with Gasteiger partial charge in [-0.2, -0.15) is 0 Å². The Kier molecular flexibility index (Phi) is 19.9. The van der Waals surface area contributed by atoms with Gasteiger partial charge in [-0.25, -0.2) is 0 Å². The molecular weight excluding hydrogens is 346 g/mol. The van der Waals surface area contributed by atoms with Gasteiger partial charge >= 0.3 is 0 Å². The summed E-state index contributed by atoms with van der Waals surface area (Å²) in [4.78, 5) is 14.6. The van der Waals surface area contributed by atoms with Crippen molar-refractivity contribution in [2.45, 2.75) is 77.4 Å². The van der Waals surface area contributed by atoms with Crippen LogP contribution in [-0.2, 0) is 9.53 Å². The topological polar surface area (TPSA) is 85.3 Å². The van der Waals surface area contributed by atoms with Crippen molar-refractivity contribution in [2.24, 2.45) is 0 Å². The maximum atomic E-state index is 10.2. The summed E-state index contributed by atoms with van der Waals surface area (Å²) >= 11 is 0. The number of aliphatic hydroxyl groups excluding tert-OH is 2. The first-order valence-corrected chi connectivity index (χ1v) is 10.2. The molecule has 2 saturated heterocycles. The lowest BCUT2D eigenvalue weighted by Gasteiger charge is -2.36. The lowest BCUT2D eigenvalue weighted by Crippen LogP contribution is -2.44. The number of ether oxygens (including phenoxy) is 1. The minimum atomic E-state index is -0.583. The zero-order chi connectivity index (χ0) is 21.2. The van der Waals surface area contributed by atoms with Crippen molar-refractivity contribution in [3.63, 3.8) is 0 Å². The molecule has 0 bridgehead atoms. The minimum Gasteiger partial charge on any atom is -0.400 e. The highest BCUT2D eigenvalue weighted by atomic mass is 16.6. The van der Waals surface area contributed by atoms with Crippen molar-refractivity contribution >= 4 is 6.29 Å². The minimum absolute atomic E-state index is 0.167. The van der Waals surface area contributed by atoms with Gasteiger partial charge in [0.05, 0.1) is 12.1 Å². The predicted molar refractivity (Wildman–Crippen MR) is 112 cm³/mol. The molecule has 0 radical (unpaired) electrons. The average molecular weight is 392 g/mol. The van der Waals surface area contributed by atoms with Gasteiger partial charge in [0.25, 0.3) is 0 Å². The number of likely N-dealkylation sites (tertiary alicyclic amines) is 1. The fraction of sp³-hybridized carbons (Fsp3) is 0.950. The Morgan fingerprint density at radius 2 is 1.89 bits per heavy atom. The van der Waals surface area contributed by atoms with E-state index in [1.54, 1.807) is 0 Å². The summed E-state index contributed by atoms with van der Waals surface area (Å²) in [5.74, 6) is 0. The molecule has 0 aliphatic carbocycles. The van der Waals surface area contributed by atoms with E-state index < -0.39 is 6.29 Å². The second kappa shape index (κ2) is 18.8. The number of aldehydes is 1. The highest BCUT2D eigenvalue weighted by Crippen LogP contribution is 2.21. The van der Waals surface area contributed by atoms with Gasteiger partial charge in [0.1, 0.15) is 6.29 Å². The van der Waals surface area contributed by atoms with Crippen molar-refractivity contribution in [1.29, 1.82) is 0 Å². The van der Waals surface area contributed by atoms with Gasteiger partial charge in [-0.05, 0) is 53.9 Å². The van der Waals surface area contributed by atoms with Crippen LogP contribution in [0.4, 0.5) is 0 Å². The van der Waals surface area contributed by atoms with Crippen molar-refractivity contribution in [2.75, 3.05) is 47.9 Å². The molecule has 2 rings (SSSR count). The van der Waals surface area contributed by atoms with Crippen LogP contribution in [0.1, 0.15) is 52.9 Å². The number of carbonyl (C=O) groups is 1. The fourth-order valence-corrected chi connectivity index (χ4v) is 3.03. The maximum Gasteiger partial charge on any atom is 0.156 e. The Hall–Kier alpha value is -0.570. The van der Waals surface area contributed by atoms with E-state index in [0.717, 1.165) is 52.3 Å². The Balaban J connectivity index is 0. The van der Waals surface area contributed by atoms with Crippen molar-refractivity contribution in [3.8, 4) is 0 Å². The lowest BCUT2D eigenvalue weighted by molar-refractivity contribution is -0.173. The van der Waals surface area contributed by atoms with Gasteiger partial charge in [-0.15, -0.1) is 0 Å². The molecule has 27 heavy (non-hydrogen) atoms. The summed E-state index contributed by atoms with van der Waals surface area (Å²) in [6.45, 7) is 9.35.